The predicted octanol–water partition coefficient (Wildman–Crippen LogP) is 3.54. The fraction of sp³-hybridized carbons (Fsp3) is 0.250. The molecule has 0 saturated carbocycles. The van der Waals surface area contributed by atoms with Crippen LogP contribution >= 0.6 is 12.4 Å². The molecule has 2 amide bonds. The minimum Gasteiger partial charge on any atom is -0.350 e. The third-order valence-corrected chi connectivity index (χ3v) is 5.89. The van der Waals surface area contributed by atoms with Crippen LogP contribution in [-0.2, 0) is 16.1 Å². The van der Waals surface area contributed by atoms with Gasteiger partial charge in [-0.3, -0.25) is 14.9 Å². The zero-order chi connectivity index (χ0) is 20.5. The lowest BCUT2D eigenvalue weighted by atomic mass is 10.00. The summed E-state index contributed by atoms with van der Waals surface area (Å²) in [5.41, 5.74) is 3.34. The Morgan fingerprint density at radius 2 is 1.77 bits per heavy atom. The van der Waals surface area contributed by atoms with Crippen LogP contribution < -0.4 is 16.0 Å². The van der Waals surface area contributed by atoms with E-state index >= 15 is 0 Å². The fourth-order valence-electron chi connectivity index (χ4n) is 4.45. The number of amides is 2. The van der Waals surface area contributed by atoms with Crippen LogP contribution in [0.5, 0.6) is 0 Å². The SMILES string of the molecule is Cl.O=C1NC(=O)C(c2cn(CC3CCCNC3)c3ccccc23)=C1Nc1ccccc1. The molecule has 3 aromatic rings. The topological polar surface area (TPSA) is 75.2 Å². The molecule has 1 fully saturated rings. The monoisotopic (exact) mass is 436 g/mol. The van der Waals surface area contributed by atoms with Gasteiger partial charge in [-0.2, -0.15) is 0 Å². The van der Waals surface area contributed by atoms with Gasteiger partial charge in [0.05, 0.1) is 5.57 Å². The van der Waals surface area contributed by atoms with Crippen LogP contribution in [0.4, 0.5) is 5.69 Å². The molecule has 2 aliphatic heterocycles. The summed E-state index contributed by atoms with van der Waals surface area (Å²) in [5.74, 6) is -0.204. The molecule has 0 radical (unpaired) electrons. The Morgan fingerprint density at radius 1 is 1.00 bits per heavy atom. The van der Waals surface area contributed by atoms with Crippen molar-refractivity contribution in [3.63, 3.8) is 0 Å². The average molecular weight is 437 g/mol. The van der Waals surface area contributed by atoms with Gasteiger partial charge >= 0.3 is 0 Å². The van der Waals surface area contributed by atoms with Gasteiger partial charge in [-0.05, 0) is 50.0 Å². The molecule has 1 unspecified atom stereocenters. The highest BCUT2D eigenvalue weighted by Crippen LogP contribution is 2.33. The Kier molecular flexibility index (Phi) is 6.11. The Labute approximate surface area is 187 Å². The molecule has 0 bridgehead atoms. The van der Waals surface area contributed by atoms with E-state index in [1.165, 1.54) is 12.8 Å². The molecule has 7 heteroatoms. The number of imide groups is 1. The number of carbonyl (C=O) groups is 2. The van der Waals surface area contributed by atoms with E-state index in [9.17, 15) is 9.59 Å². The van der Waals surface area contributed by atoms with Gasteiger partial charge in [-0.25, -0.2) is 0 Å². The molecule has 1 saturated heterocycles. The Morgan fingerprint density at radius 3 is 2.55 bits per heavy atom. The first-order chi connectivity index (χ1) is 14.7. The second-order valence-corrected chi connectivity index (χ2v) is 7.95. The van der Waals surface area contributed by atoms with Crippen molar-refractivity contribution in [2.75, 3.05) is 18.4 Å². The van der Waals surface area contributed by atoms with Crippen LogP contribution in [0.1, 0.15) is 18.4 Å². The summed E-state index contributed by atoms with van der Waals surface area (Å²) in [5, 5.41) is 10.1. The summed E-state index contributed by atoms with van der Waals surface area (Å²) in [6, 6.07) is 17.5. The summed E-state index contributed by atoms with van der Waals surface area (Å²) in [6.07, 6.45) is 4.40. The zero-order valence-electron chi connectivity index (χ0n) is 17.1. The molecular weight excluding hydrogens is 412 g/mol. The number of hydrogen-bond acceptors (Lipinski definition) is 4. The Bertz CT molecular complexity index is 1150. The molecule has 0 spiro atoms. The third kappa shape index (κ3) is 4.09. The summed E-state index contributed by atoms with van der Waals surface area (Å²) >= 11 is 0. The van der Waals surface area contributed by atoms with E-state index in [2.05, 4.69) is 26.6 Å². The molecular formula is C24H25ClN4O2. The molecule has 2 aromatic carbocycles. The minimum atomic E-state index is -0.396. The van der Waals surface area contributed by atoms with Crippen molar-refractivity contribution in [3.05, 3.63) is 72.1 Å². The number of rotatable bonds is 5. The van der Waals surface area contributed by atoms with Crippen molar-refractivity contribution in [3.8, 4) is 0 Å². The smallest absolute Gasteiger partial charge is 0.275 e. The maximum absolute atomic E-state index is 12.8. The van der Waals surface area contributed by atoms with Crippen molar-refractivity contribution in [1.82, 2.24) is 15.2 Å². The number of nitrogens with one attached hydrogen (secondary N) is 3. The number of benzene rings is 2. The highest BCUT2D eigenvalue weighted by atomic mass is 35.5. The van der Waals surface area contributed by atoms with E-state index in [-0.39, 0.29) is 18.3 Å². The number of anilines is 1. The van der Waals surface area contributed by atoms with Gasteiger partial charge in [0.25, 0.3) is 11.8 Å². The Hall–Kier alpha value is -3.09. The Balaban J connectivity index is 0.00000231. The molecule has 3 heterocycles. The summed E-state index contributed by atoms with van der Waals surface area (Å²) in [4.78, 5) is 25.3. The van der Waals surface area contributed by atoms with Gasteiger partial charge in [0.15, 0.2) is 0 Å². The first-order valence-corrected chi connectivity index (χ1v) is 10.4. The van der Waals surface area contributed by atoms with Crippen LogP contribution in [0.15, 0.2) is 66.5 Å². The highest BCUT2D eigenvalue weighted by Gasteiger charge is 2.33. The van der Waals surface area contributed by atoms with Crippen molar-refractivity contribution in [2.45, 2.75) is 19.4 Å². The largest absolute Gasteiger partial charge is 0.350 e. The van der Waals surface area contributed by atoms with Crippen LogP contribution in [0, 0.1) is 5.92 Å². The maximum Gasteiger partial charge on any atom is 0.275 e. The number of hydrogen-bond donors (Lipinski definition) is 3. The van der Waals surface area contributed by atoms with Crippen molar-refractivity contribution >= 4 is 46.4 Å². The molecule has 2 aliphatic rings. The molecule has 0 aliphatic carbocycles. The predicted molar refractivity (Wildman–Crippen MR) is 125 cm³/mol. The maximum atomic E-state index is 12.8. The van der Waals surface area contributed by atoms with E-state index in [1.54, 1.807) is 0 Å². The van der Waals surface area contributed by atoms with Crippen LogP contribution in [0.25, 0.3) is 16.5 Å². The number of halogens is 1. The van der Waals surface area contributed by atoms with Gasteiger partial charge in [0.1, 0.15) is 5.70 Å². The van der Waals surface area contributed by atoms with E-state index in [0.717, 1.165) is 41.8 Å². The number of piperidine rings is 1. The van der Waals surface area contributed by atoms with Gasteiger partial charge in [0.2, 0.25) is 0 Å². The lowest BCUT2D eigenvalue weighted by molar-refractivity contribution is -0.123. The van der Waals surface area contributed by atoms with E-state index in [4.69, 9.17) is 0 Å². The minimum absolute atomic E-state index is 0. The number of carbonyl (C=O) groups excluding carboxylic acids is 2. The molecule has 1 aromatic heterocycles. The lowest BCUT2D eigenvalue weighted by Crippen LogP contribution is -2.32. The molecule has 160 valence electrons. The third-order valence-electron chi connectivity index (χ3n) is 5.89. The summed E-state index contributed by atoms with van der Waals surface area (Å²) in [6.45, 7) is 2.97. The van der Waals surface area contributed by atoms with Crippen LogP contribution in [0.3, 0.4) is 0 Å². The number of para-hydroxylation sites is 2. The van der Waals surface area contributed by atoms with E-state index in [1.807, 2.05) is 54.7 Å². The van der Waals surface area contributed by atoms with Crippen molar-refractivity contribution in [2.24, 2.45) is 5.92 Å². The van der Waals surface area contributed by atoms with E-state index < -0.39 is 5.91 Å². The number of nitrogens with zero attached hydrogens (tertiary/aromatic N) is 1. The normalized spacial score (nSPS) is 18.8. The molecule has 6 nitrogen and oxygen atoms in total. The second kappa shape index (κ2) is 8.96. The molecule has 5 rings (SSSR count). The van der Waals surface area contributed by atoms with Crippen LogP contribution in [0.2, 0.25) is 0 Å². The number of aromatic nitrogens is 1. The second-order valence-electron chi connectivity index (χ2n) is 7.95. The van der Waals surface area contributed by atoms with Gasteiger partial charge in [-0.15, -0.1) is 12.4 Å². The quantitative estimate of drug-likeness (QED) is 0.535. The van der Waals surface area contributed by atoms with Crippen molar-refractivity contribution < 1.29 is 9.59 Å². The first kappa shape index (κ1) is 21.2. The van der Waals surface area contributed by atoms with E-state index in [0.29, 0.717) is 17.2 Å². The standard InChI is InChI=1S/C24H24N4O2.ClH/c29-23-21(22(24(30)27-23)26-17-8-2-1-3-9-17)19-15-28(14-16-7-6-12-25-13-16)20-11-5-4-10-18(19)20;/h1-5,8-11,15-16,25H,6-7,12-14H2,(H2,26,27,29,30);1H. The van der Waals surface area contributed by atoms with Gasteiger partial charge < -0.3 is 15.2 Å². The summed E-state index contributed by atoms with van der Waals surface area (Å²) in [7, 11) is 0. The van der Waals surface area contributed by atoms with Crippen molar-refractivity contribution in [1.29, 1.82) is 0 Å². The molecule has 1 atom stereocenters. The molecule has 3 N–H and O–H groups in total. The zero-order valence-corrected chi connectivity index (χ0v) is 17.9. The van der Waals surface area contributed by atoms with Gasteiger partial charge in [-0.1, -0.05) is 36.4 Å². The lowest BCUT2D eigenvalue weighted by Gasteiger charge is -2.23. The average Bonchev–Trinajstić information content (AvgIpc) is 3.26. The first-order valence-electron chi connectivity index (χ1n) is 10.4. The molecule has 31 heavy (non-hydrogen) atoms. The fourth-order valence-corrected chi connectivity index (χ4v) is 4.45. The highest BCUT2D eigenvalue weighted by molar-refractivity contribution is 6.38. The number of fused-ring (bicyclic) bond motifs is 1. The van der Waals surface area contributed by atoms with Gasteiger partial charge in [0, 0.05) is 34.9 Å². The summed E-state index contributed by atoms with van der Waals surface area (Å²) < 4.78 is 2.23. The van der Waals surface area contributed by atoms with Crippen LogP contribution in [-0.4, -0.2) is 29.5 Å².